The summed E-state index contributed by atoms with van der Waals surface area (Å²) >= 11 is 0. The molecule has 578 valence electrons. The van der Waals surface area contributed by atoms with Crippen molar-refractivity contribution in [2.75, 3.05) is 26.4 Å². The molecule has 0 spiro atoms. The van der Waals surface area contributed by atoms with Crippen LogP contribution in [0.5, 0.6) is 0 Å². The second-order valence-corrected chi connectivity index (χ2v) is 29.2. The van der Waals surface area contributed by atoms with E-state index in [-0.39, 0.29) is 18.9 Å². The molecule has 19 heteroatoms. The van der Waals surface area contributed by atoms with Crippen LogP contribution in [0.4, 0.5) is 0 Å². The van der Waals surface area contributed by atoms with E-state index >= 15 is 0 Å². The molecule has 0 saturated carbocycles. The van der Waals surface area contributed by atoms with Crippen molar-refractivity contribution in [3.63, 3.8) is 0 Å². The summed E-state index contributed by atoms with van der Waals surface area (Å²) in [6.45, 7) is 1.79. The van der Waals surface area contributed by atoms with Gasteiger partial charge in [0.05, 0.1) is 38.6 Å². The van der Waals surface area contributed by atoms with Crippen LogP contribution < -0.4 is 5.32 Å². The van der Waals surface area contributed by atoms with Crippen LogP contribution in [0.3, 0.4) is 0 Å². The number of nitrogens with one attached hydrogen (secondary N) is 1. The first-order valence-electron chi connectivity index (χ1n) is 40.6. The van der Waals surface area contributed by atoms with Gasteiger partial charge >= 0.3 is 0 Å². The van der Waals surface area contributed by atoms with Crippen LogP contribution in [-0.2, 0) is 33.2 Å². The normalized spacial score (nSPS) is 26.8. The Morgan fingerprint density at radius 3 is 0.990 bits per heavy atom. The van der Waals surface area contributed by atoms with Crippen molar-refractivity contribution in [2.45, 2.75) is 446 Å². The highest BCUT2D eigenvalue weighted by Gasteiger charge is 2.54. The van der Waals surface area contributed by atoms with Crippen molar-refractivity contribution in [3.05, 3.63) is 24.3 Å². The number of carbonyl (C=O) groups excluding carboxylic acids is 1. The van der Waals surface area contributed by atoms with E-state index in [0.29, 0.717) is 6.42 Å². The molecule has 0 bridgehead atoms. The molecule has 3 rings (SSSR count). The zero-order valence-corrected chi connectivity index (χ0v) is 61.8. The van der Waals surface area contributed by atoms with Crippen LogP contribution >= 0.6 is 0 Å². The third kappa shape index (κ3) is 40.5. The van der Waals surface area contributed by atoms with Crippen molar-refractivity contribution in [2.24, 2.45) is 0 Å². The Kier molecular flexibility index (Phi) is 55.9. The monoisotopic (exact) mass is 1400 g/mol. The van der Waals surface area contributed by atoms with Gasteiger partial charge in [0, 0.05) is 6.42 Å². The maximum Gasteiger partial charge on any atom is 0.220 e. The van der Waals surface area contributed by atoms with Crippen molar-refractivity contribution in [1.29, 1.82) is 0 Å². The molecule has 3 aliphatic heterocycles. The van der Waals surface area contributed by atoms with Crippen LogP contribution in [0, 0.1) is 0 Å². The molecule has 3 saturated heterocycles. The third-order valence-corrected chi connectivity index (χ3v) is 20.5. The van der Waals surface area contributed by atoms with E-state index in [1.165, 1.54) is 263 Å². The molecule has 0 radical (unpaired) electrons. The molecular weight excluding hydrogens is 1250 g/mol. The first-order chi connectivity index (χ1) is 47.8. The van der Waals surface area contributed by atoms with Gasteiger partial charge in [-0.25, -0.2) is 0 Å². The Hall–Kier alpha value is -1.73. The molecule has 17 unspecified atom stereocenters. The first kappa shape index (κ1) is 90.5. The van der Waals surface area contributed by atoms with Crippen LogP contribution in [-0.4, -0.2) is 193 Å². The van der Waals surface area contributed by atoms with E-state index in [4.69, 9.17) is 28.4 Å². The predicted octanol–water partition coefficient (Wildman–Crippen LogP) is 13.3. The van der Waals surface area contributed by atoms with Crippen molar-refractivity contribution >= 4 is 5.91 Å². The number of ether oxygens (including phenoxy) is 6. The zero-order chi connectivity index (χ0) is 71.1. The average molecular weight is 1400 g/mol. The quantitative estimate of drug-likeness (QED) is 0.0199. The smallest absolute Gasteiger partial charge is 0.220 e. The third-order valence-electron chi connectivity index (χ3n) is 20.5. The molecule has 17 atom stereocenters. The number of aliphatic hydroxyl groups is 11. The van der Waals surface area contributed by atoms with Gasteiger partial charge in [-0.3, -0.25) is 4.79 Å². The molecule has 0 aromatic carbocycles. The Balaban J connectivity index is 1.37. The highest BCUT2D eigenvalue weighted by Crippen LogP contribution is 2.33. The van der Waals surface area contributed by atoms with E-state index < -0.39 is 124 Å². The van der Waals surface area contributed by atoms with Gasteiger partial charge in [-0.05, 0) is 44.9 Å². The lowest BCUT2D eigenvalue weighted by molar-refractivity contribution is -0.379. The number of hydrogen-bond acceptors (Lipinski definition) is 18. The lowest BCUT2D eigenvalue weighted by atomic mass is 9.96. The molecule has 1 amide bonds. The van der Waals surface area contributed by atoms with Gasteiger partial charge in [0.15, 0.2) is 18.9 Å². The number of hydrogen-bond donors (Lipinski definition) is 12. The average Bonchev–Trinajstić information content (AvgIpc) is 0.784. The fourth-order valence-corrected chi connectivity index (χ4v) is 14.0. The summed E-state index contributed by atoms with van der Waals surface area (Å²) in [5, 5.41) is 121. The summed E-state index contributed by atoms with van der Waals surface area (Å²) in [5.41, 5.74) is 0. The topological polar surface area (TPSA) is 307 Å². The second kappa shape index (κ2) is 60.5. The number of carbonyl (C=O) groups is 1. The van der Waals surface area contributed by atoms with Crippen molar-refractivity contribution < 1.29 is 89.4 Å². The minimum Gasteiger partial charge on any atom is -0.394 e. The van der Waals surface area contributed by atoms with Gasteiger partial charge in [-0.1, -0.05) is 314 Å². The van der Waals surface area contributed by atoms with Crippen LogP contribution in [0.15, 0.2) is 24.3 Å². The molecule has 0 aromatic rings. The molecule has 19 nitrogen and oxygen atoms in total. The highest BCUT2D eigenvalue weighted by atomic mass is 16.8. The Labute approximate surface area is 594 Å². The minimum atomic E-state index is -1.98. The molecule has 12 N–H and O–H groups in total. The summed E-state index contributed by atoms with van der Waals surface area (Å²) in [7, 11) is 0. The Morgan fingerprint density at radius 1 is 0.357 bits per heavy atom. The van der Waals surface area contributed by atoms with Gasteiger partial charge in [0.2, 0.25) is 5.91 Å². The molecular formula is C79H149NO18. The van der Waals surface area contributed by atoms with Gasteiger partial charge < -0.3 is 89.9 Å². The summed E-state index contributed by atoms with van der Waals surface area (Å²) in [4.78, 5) is 13.5. The molecule has 3 fully saturated rings. The molecule has 3 aliphatic rings. The summed E-state index contributed by atoms with van der Waals surface area (Å²) < 4.78 is 34.5. The van der Waals surface area contributed by atoms with E-state index in [0.717, 1.165) is 51.4 Å². The first-order valence-corrected chi connectivity index (χ1v) is 40.6. The van der Waals surface area contributed by atoms with Crippen molar-refractivity contribution in [3.8, 4) is 0 Å². The van der Waals surface area contributed by atoms with Gasteiger partial charge in [0.1, 0.15) is 73.2 Å². The zero-order valence-electron chi connectivity index (χ0n) is 61.8. The number of aliphatic hydroxyl groups excluding tert-OH is 11. The van der Waals surface area contributed by atoms with Crippen LogP contribution in [0.1, 0.15) is 341 Å². The van der Waals surface area contributed by atoms with Crippen LogP contribution in [0.25, 0.3) is 0 Å². The fourth-order valence-electron chi connectivity index (χ4n) is 14.0. The number of allylic oxidation sites excluding steroid dienone is 3. The van der Waals surface area contributed by atoms with E-state index in [1.807, 2.05) is 6.08 Å². The predicted molar refractivity (Wildman–Crippen MR) is 388 cm³/mol. The number of amides is 1. The highest BCUT2D eigenvalue weighted by molar-refractivity contribution is 5.76. The van der Waals surface area contributed by atoms with E-state index in [1.54, 1.807) is 6.08 Å². The fraction of sp³-hybridized carbons (Fsp3) is 0.937. The Morgan fingerprint density at radius 2 is 0.643 bits per heavy atom. The largest absolute Gasteiger partial charge is 0.394 e. The molecule has 98 heavy (non-hydrogen) atoms. The number of unbranched alkanes of at least 4 members (excludes halogenated alkanes) is 47. The maximum absolute atomic E-state index is 13.5. The lowest BCUT2D eigenvalue weighted by Gasteiger charge is -2.48. The van der Waals surface area contributed by atoms with E-state index in [2.05, 4.69) is 31.3 Å². The summed E-state index contributed by atoms with van der Waals surface area (Å²) in [6, 6.07) is -0.974. The van der Waals surface area contributed by atoms with E-state index in [9.17, 15) is 61.0 Å². The Bertz CT molecular complexity index is 1870. The summed E-state index contributed by atoms with van der Waals surface area (Å²) in [5.74, 6) is -0.272. The van der Waals surface area contributed by atoms with Gasteiger partial charge in [-0.15, -0.1) is 0 Å². The molecule has 0 aromatic heterocycles. The molecule has 0 aliphatic carbocycles. The van der Waals surface area contributed by atoms with Gasteiger partial charge in [-0.2, -0.15) is 0 Å². The van der Waals surface area contributed by atoms with Crippen LogP contribution in [0.2, 0.25) is 0 Å². The molecule has 3 heterocycles. The van der Waals surface area contributed by atoms with Crippen molar-refractivity contribution in [1.82, 2.24) is 5.32 Å². The standard InChI is InChI=1S/C79H149NO18/c1-3-5-7-9-11-13-15-17-19-21-23-25-26-27-28-29-30-31-32-33-34-35-37-38-40-42-44-46-48-50-52-54-56-63(84)62(80-67(85)57-55-53-51-49-47-45-43-41-39-36-24-22-20-18-16-14-12-10-8-6-4-2)61-93-77-73(91)70(88)75(65(59-82)95-77)98-79-74(92)71(89)76(66(60-83)96-79)97-78-72(90)69(87)68(86)64(58-81)94-78/h22,24,54,56,62-66,68-79,81-84,86-92H,3-21,23,25-53,55,57-61H2,1-2H3,(H,80,85)/b24-22-,56-54+. The SMILES string of the molecule is CCCCCCCCCC/C=C\CCCCCCCCCCCC(=O)NC(COC1OC(CO)C(OC2OC(CO)C(OC3OC(CO)C(O)C(O)C3O)C(O)C2O)C(O)C1O)C(O)/C=C/CCCCCCCCCCCCCCCCCCCCCCCCCCCCCCCC. The minimum absolute atomic E-state index is 0.244. The summed E-state index contributed by atoms with van der Waals surface area (Å²) in [6.07, 6.45) is 46.0. The van der Waals surface area contributed by atoms with Gasteiger partial charge in [0.25, 0.3) is 0 Å². The lowest BCUT2D eigenvalue weighted by Crippen LogP contribution is -2.66. The second-order valence-electron chi connectivity index (χ2n) is 29.2. The number of rotatable bonds is 65. The maximum atomic E-state index is 13.5.